The molecule has 1 atom stereocenters. The molecule has 0 bridgehead atoms. The minimum atomic E-state index is -0.0645. The summed E-state index contributed by atoms with van der Waals surface area (Å²) in [6, 6.07) is 0. The third kappa shape index (κ3) is 27.1. The molecular formula is C42H75NO2. The van der Waals surface area contributed by atoms with Crippen LogP contribution in [0.5, 0.6) is 0 Å². The standard InChI is InChI=1S/C42H75NO2/c1-5-7-9-11-13-15-17-19-21-23-25-27-29-31-33-35-37-40-41(39-43(3)4)45-42(44-40)38-36-34-32-30-28-26-24-22-20-18-16-14-12-10-8-6-2/h13-16,19-22,42H,5-12,17-18,23-39H2,1-4H3/b15-13-,16-14-,21-19-,22-20-. The molecule has 45 heavy (non-hydrogen) atoms. The van der Waals surface area contributed by atoms with Gasteiger partial charge in [-0.25, -0.2) is 0 Å². The molecule has 1 heterocycles. The Morgan fingerprint density at radius 2 is 0.867 bits per heavy atom. The molecule has 0 aromatic carbocycles. The van der Waals surface area contributed by atoms with E-state index in [1.807, 2.05) is 0 Å². The summed E-state index contributed by atoms with van der Waals surface area (Å²) in [5.41, 5.74) is 0. The lowest BCUT2D eigenvalue weighted by molar-refractivity contribution is -0.0492. The highest BCUT2D eigenvalue weighted by Gasteiger charge is 2.26. The van der Waals surface area contributed by atoms with E-state index in [4.69, 9.17) is 9.47 Å². The quantitative estimate of drug-likeness (QED) is 0.0548. The summed E-state index contributed by atoms with van der Waals surface area (Å²) in [5, 5.41) is 0. The van der Waals surface area contributed by atoms with Crippen molar-refractivity contribution < 1.29 is 9.47 Å². The lowest BCUT2D eigenvalue weighted by Crippen LogP contribution is -2.17. The maximum absolute atomic E-state index is 6.33. The van der Waals surface area contributed by atoms with Crippen LogP contribution in [0.3, 0.4) is 0 Å². The molecule has 0 saturated heterocycles. The van der Waals surface area contributed by atoms with E-state index in [0.717, 1.165) is 43.7 Å². The molecule has 1 aliphatic rings. The first-order valence-electron chi connectivity index (χ1n) is 19.5. The number of rotatable bonds is 32. The van der Waals surface area contributed by atoms with Gasteiger partial charge in [-0.2, -0.15) is 0 Å². The maximum atomic E-state index is 6.33. The van der Waals surface area contributed by atoms with Crippen molar-refractivity contribution in [2.45, 2.75) is 187 Å². The van der Waals surface area contributed by atoms with Crippen LogP contribution < -0.4 is 0 Å². The molecule has 3 nitrogen and oxygen atoms in total. The third-order valence-electron chi connectivity index (χ3n) is 8.56. The van der Waals surface area contributed by atoms with Crippen LogP contribution in [-0.4, -0.2) is 31.8 Å². The fourth-order valence-electron chi connectivity index (χ4n) is 5.77. The van der Waals surface area contributed by atoms with Crippen LogP contribution in [0.25, 0.3) is 0 Å². The van der Waals surface area contributed by atoms with Crippen molar-refractivity contribution in [3.8, 4) is 0 Å². The predicted molar refractivity (Wildman–Crippen MR) is 199 cm³/mol. The first kappa shape index (κ1) is 41.3. The predicted octanol–water partition coefficient (Wildman–Crippen LogP) is 13.5. The van der Waals surface area contributed by atoms with Gasteiger partial charge in [-0.15, -0.1) is 0 Å². The third-order valence-corrected chi connectivity index (χ3v) is 8.56. The zero-order valence-electron chi connectivity index (χ0n) is 30.6. The van der Waals surface area contributed by atoms with Crippen molar-refractivity contribution in [3.05, 3.63) is 60.1 Å². The summed E-state index contributed by atoms with van der Waals surface area (Å²) in [5.74, 6) is 2.20. The van der Waals surface area contributed by atoms with Gasteiger partial charge in [-0.1, -0.05) is 140 Å². The molecule has 0 fully saturated rings. The Morgan fingerprint density at radius 3 is 1.33 bits per heavy atom. The molecule has 260 valence electrons. The molecule has 0 saturated carbocycles. The van der Waals surface area contributed by atoms with Crippen molar-refractivity contribution in [1.82, 2.24) is 4.90 Å². The van der Waals surface area contributed by atoms with E-state index in [2.05, 4.69) is 81.5 Å². The highest BCUT2D eigenvalue weighted by atomic mass is 16.7. The van der Waals surface area contributed by atoms with Crippen LogP contribution in [0.1, 0.15) is 181 Å². The zero-order chi connectivity index (χ0) is 32.5. The Labute approximate surface area is 281 Å². The molecule has 0 aromatic rings. The van der Waals surface area contributed by atoms with Gasteiger partial charge in [0.25, 0.3) is 0 Å². The number of ether oxygens (including phenoxy) is 2. The number of unbranched alkanes of at least 4 members (excludes halogenated alkanes) is 18. The van der Waals surface area contributed by atoms with Gasteiger partial charge in [0.05, 0.1) is 6.54 Å². The normalized spacial score (nSPS) is 15.6. The van der Waals surface area contributed by atoms with Crippen molar-refractivity contribution in [1.29, 1.82) is 0 Å². The molecule has 1 unspecified atom stereocenters. The lowest BCUT2D eigenvalue weighted by Gasteiger charge is -2.13. The van der Waals surface area contributed by atoms with Crippen molar-refractivity contribution in [2.75, 3.05) is 20.6 Å². The van der Waals surface area contributed by atoms with Gasteiger partial charge in [0.15, 0.2) is 5.76 Å². The van der Waals surface area contributed by atoms with Crippen LogP contribution in [-0.2, 0) is 9.47 Å². The molecule has 0 aromatic heterocycles. The van der Waals surface area contributed by atoms with Crippen LogP contribution in [0.2, 0.25) is 0 Å². The average Bonchev–Trinajstić information content (AvgIpc) is 3.40. The molecule has 1 aliphatic heterocycles. The number of nitrogens with zero attached hydrogens (tertiary/aromatic N) is 1. The number of hydrogen-bond donors (Lipinski definition) is 0. The average molecular weight is 626 g/mol. The zero-order valence-corrected chi connectivity index (χ0v) is 30.6. The van der Waals surface area contributed by atoms with Gasteiger partial charge in [0.1, 0.15) is 5.76 Å². The molecule has 0 aliphatic carbocycles. The van der Waals surface area contributed by atoms with E-state index in [9.17, 15) is 0 Å². The summed E-state index contributed by atoms with van der Waals surface area (Å²) in [7, 11) is 4.23. The molecule has 0 N–H and O–H groups in total. The van der Waals surface area contributed by atoms with E-state index in [-0.39, 0.29) is 6.29 Å². The molecular weight excluding hydrogens is 550 g/mol. The van der Waals surface area contributed by atoms with Crippen molar-refractivity contribution >= 4 is 0 Å². The van der Waals surface area contributed by atoms with Crippen LogP contribution in [0.4, 0.5) is 0 Å². The SMILES string of the molecule is CCCCC/C=C\C/C=C\CCCCCCCCC1=C(CN(C)C)OC(CCCCCCCC/C=C\C/C=C\CCCCC)O1. The first-order chi connectivity index (χ1) is 22.2. The Morgan fingerprint density at radius 1 is 0.467 bits per heavy atom. The summed E-state index contributed by atoms with van der Waals surface area (Å²) in [4.78, 5) is 2.19. The number of hydrogen-bond acceptors (Lipinski definition) is 3. The van der Waals surface area contributed by atoms with Crippen LogP contribution in [0, 0.1) is 0 Å². The van der Waals surface area contributed by atoms with Crippen LogP contribution in [0.15, 0.2) is 60.1 Å². The monoisotopic (exact) mass is 626 g/mol. The Balaban J connectivity index is 2.04. The van der Waals surface area contributed by atoms with Gasteiger partial charge < -0.3 is 14.4 Å². The number of allylic oxidation sites excluding steroid dienone is 9. The molecule has 1 rings (SSSR count). The smallest absolute Gasteiger partial charge is 0.240 e. The molecule has 3 heteroatoms. The second-order valence-corrected chi connectivity index (χ2v) is 13.5. The van der Waals surface area contributed by atoms with E-state index in [0.29, 0.717) is 0 Å². The summed E-state index contributed by atoms with van der Waals surface area (Å²) >= 11 is 0. The topological polar surface area (TPSA) is 21.7 Å². The molecule has 0 amide bonds. The Bertz CT molecular complexity index is 791. The first-order valence-corrected chi connectivity index (χ1v) is 19.5. The maximum Gasteiger partial charge on any atom is 0.240 e. The largest absolute Gasteiger partial charge is 0.456 e. The van der Waals surface area contributed by atoms with E-state index < -0.39 is 0 Å². The van der Waals surface area contributed by atoms with Crippen LogP contribution >= 0.6 is 0 Å². The van der Waals surface area contributed by atoms with Gasteiger partial charge in [-0.3, -0.25) is 0 Å². The highest BCUT2D eigenvalue weighted by Crippen LogP contribution is 2.29. The van der Waals surface area contributed by atoms with Gasteiger partial charge in [0.2, 0.25) is 6.29 Å². The summed E-state index contributed by atoms with van der Waals surface area (Å²) < 4.78 is 12.6. The van der Waals surface area contributed by atoms with E-state index in [1.165, 1.54) is 141 Å². The molecule has 0 spiro atoms. The Hall–Kier alpha value is -1.74. The lowest BCUT2D eigenvalue weighted by atomic mass is 10.1. The second-order valence-electron chi connectivity index (χ2n) is 13.5. The Kier molecular flexibility index (Phi) is 29.6. The molecule has 0 radical (unpaired) electrons. The summed E-state index contributed by atoms with van der Waals surface area (Å²) in [6.45, 7) is 5.38. The highest BCUT2D eigenvalue weighted by molar-refractivity contribution is 5.08. The fraction of sp³-hybridized carbons (Fsp3) is 0.762. The van der Waals surface area contributed by atoms with Gasteiger partial charge >= 0.3 is 0 Å². The van der Waals surface area contributed by atoms with E-state index >= 15 is 0 Å². The fourth-order valence-corrected chi connectivity index (χ4v) is 5.77. The summed E-state index contributed by atoms with van der Waals surface area (Å²) in [6.07, 6.45) is 51.6. The van der Waals surface area contributed by atoms with Crippen molar-refractivity contribution in [2.24, 2.45) is 0 Å². The van der Waals surface area contributed by atoms with Gasteiger partial charge in [0, 0.05) is 12.8 Å². The van der Waals surface area contributed by atoms with Gasteiger partial charge in [-0.05, 0) is 91.1 Å². The van der Waals surface area contributed by atoms with E-state index in [1.54, 1.807) is 0 Å². The minimum Gasteiger partial charge on any atom is -0.456 e. The minimum absolute atomic E-state index is 0.0645. The second kappa shape index (κ2) is 32.2. The number of likely N-dealkylation sites (N-methyl/N-ethyl adjacent to an activating group) is 1. The van der Waals surface area contributed by atoms with Crippen molar-refractivity contribution in [3.63, 3.8) is 0 Å².